The third-order valence-corrected chi connectivity index (χ3v) is 2.40. The number of halogens is 2. The van der Waals surface area contributed by atoms with Gasteiger partial charge < -0.3 is 9.84 Å². The third-order valence-electron chi connectivity index (χ3n) is 1.66. The summed E-state index contributed by atoms with van der Waals surface area (Å²) >= 11 is 11.5. The van der Waals surface area contributed by atoms with Gasteiger partial charge in [-0.05, 0) is 12.1 Å². The summed E-state index contributed by atoms with van der Waals surface area (Å²) in [6.07, 6.45) is -0.745. The van der Waals surface area contributed by atoms with E-state index in [4.69, 9.17) is 33.2 Å². The Morgan fingerprint density at radius 2 is 2.13 bits per heavy atom. The second-order valence-corrected chi connectivity index (χ2v) is 3.72. The summed E-state index contributed by atoms with van der Waals surface area (Å²) in [7, 11) is 0. The van der Waals surface area contributed by atoms with Crippen LogP contribution < -0.4 is 4.74 Å². The summed E-state index contributed by atoms with van der Waals surface area (Å²) in [6, 6.07) is 6.66. The zero-order chi connectivity index (χ0) is 11.3. The van der Waals surface area contributed by atoms with Crippen LogP contribution >= 0.6 is 23.2 Å². The van der Waals surface area contributed by atoms with Crippen molar-refractivity contribution in [1.82, 2.24) is 0 Å². The van der Waals surface area contributed by atoms with Crippen LogP contribution in [-0.4, -0.2) is 17.8 Å². The highest BCUT2D eigenvalue weighted by molar-refractivity contribution is 6.42. The first-order valence-corrected chi connectivity index (χ1v) is 5.02. The maximum atomic E-state index is 9.23. The molecule has 0 spiro atoms. The normalized spacial score (nSPS) is 11.9. The molecule has 0 radical (unpaired) electrons. The van der Waals surface area contributed by atoms with E-state index in [1.807, 2.05) is 6.07 Å². The van der Waals surface area contributed by atoms with Gasteiger partial charge >= 0.3 is 0 Å². The number of benzene rings is 1. The maximum Gasteiger partial charge on any atom is 0.121 e. The zero-order valence-corrected chi connectivity index (χ0v) is 9.29. The number of nitriles is 1. The summed E-state index contributed by atoms with van der Waals surface area (Å²) in [5.41, 5.74) is 0. The van der Waals surface area contributed by atoms with Crippen LogP contribution in [0.15, 0.2) is 18.2 Å². The van der Waals surface area contributed by atoms with Gasteiger partial charge in [0.25, 0.3) is 0 Å². The highest BCUT2D eigenvalue weighted by Gasteiger charge is 2.05. The summed E-state index contributed by atoms with van der Waals surface area (Å²) in [5, 5.41) is 18.4. The average molecular weight is 246 g/mol. The molecule has 1 atom stereocenters. The summed E-state index contributed by atoms with van der Waals surface area (Å²) < 4.78 is 5.21. The average Bonchev–Trinajstić information content (AvgIpc) is 2.20. The first kappa shape index (κ1) is 12.1. The van der Waals surface area contributed by atoms with Gasteiger partial charge in [0.05, 0.1) is 22.5 Å². The maximum absolute atomic E-state index is 9.23. The van der Waals surface area contributed by atoms with Gasteiger partial charge in [0.2, 0.25) is 0 Å². The molecule has 0 bridgehead atoms. The van der Waals surface area contributed by atoms with Crippen molar-refractivity contribution in [3.8, 4) is 11.8 Å². The predicted molar refractivity (Wildman–Crippen MR) is 58.2 cm³/mol. The Hall–Kier alpha value is -0.950. The summed E-state index contributed by atoms with van der Waals surface area (Å²) in [6.45, 7) is 0.0610. The number of aliphatic hydroxyl groups is 1. The van der Waals surface area contributed by atoms with E-state index in [9.17, 15) is 5.11 Å². The smallest absolute Gasteiger partial charge is 0.121 e. The molecule has 80 valence electrons. The summed E-state index contributed by atoms with van der Waals surface area (Å²) in [4.78, 5) is 0. The molecule has 1 N–H and O–H groups in total. The minimum absolute atomic E-state index is 0.0430. The molecule has 1 unspecified atom stereocenters. The van der Waals surface area contributed by atoms with E-state index in [1.54, 1.807) is 18.2 Å². The quantitative estimate of drug-likeness (QED) is 0.888. The Morgan fingerprint density at radius 1 is 1.40 bits per heavy atom. The molecule has 0 amide bonds. The van der Waals surface area contributed by atoms with Crippen molar-refractivity contribution in [2.24, 2.45) is 0 Å². The van der Waals surface area contributed by atoms with Crippen LogP contribution in [0.3, 0.4) is 0 Å². The van der Waals surface area contributed by atoms with E-state index < -0.39 is 6.10 Å². The monoisotopic (exact) mass is 245 g/mol. The topological polar surface area (TPSA) is 53.2 Å². The van der Waals surface area contributed by atoms with Crippen molar-refractivity contribution in [2.45, 2.75) is 12.5 Å². The lowest BCUT2D eigenvalue weighted by molar-refractivity contribution is 0.111. The van der Waals surface area contributed by atoms with Crippen LogP contribution in [0.25, 0.3) is 0 Å². The van der Waals surface area contributed by atoms with E-state index in [-0.39, 0.29) is 13.0 Å². The molecule has 1 aromatic rings. The van der Waals surface area contributed by atoms with Crippen LogP contribution in [-0.2, 0) is 0 Å². The molecule has 5 heteroatoms. The van der Waals surface area contributed by atoms with Crippen molar-refractivity contribution in [2.75, 3.05) is 6.61 Å². The van der Waals surface area contributed by atoms with Gasteiger partial charge in [-0.3, -0.25) is 0 Å². The molecule has 1 rings (SSSR count). The van der Waals surface area contributed by atoms with E-state index >= 15 is 0 Å². The number of aliphatic hydroxyl groups excluding tert-OH is 1. The van der Waals surface area contributed by atoms with E-state index in [0.29, 0.717) is 15.8 Å². The fraction of sp³-hybridized carbons (Fsp3) is 0.300. The van der Waals surface area contributed by atoms with Crippen molar-refractivity contribution < 1.29 is 9.84 Å². The fourth-order valence-electron chi connectivity index (χ4n) is 0.923. The van der Waals surface area contributed by atoms with Gasteiger partial charge in [0.15, 0.2) is 0 Å². The molecular weight excluding hydrogens is 237 g/mol. The van der Waals surface area contributed by atoms with E-state index in [2.05, 4.69) is 0 Å². The Kier molecular flexibility index (Phi) is 4.70. The fourth-order valence-corrected chi connectivity index (χ4v) is 1.21. The number of nitrogens with zero attached hydrogens (tertiary/aromatic N) is 1. The molecule has 0 saturated carbocycles. The van der Waals surface area contributed by atoms with Crippen molar-refractivity contribution in [3.63, 3.8) is 0 Å². The van der Waals surface area contributed by atoms with E-state index in [0.717, 1.165) is 0 Å². The minimum atomic E-state index is -0.788. The molecule has 1 aromatic carbocycles. The molecule has 0 aliphatic carbocycles. The van der Waals surface area contributed by atoms with Gasteiger partial charge in [0.1, 0.15) is 18.5 Å². The Balaban J connectivity index is 2.51. The first-order valence-electron chi connectivity index (χ1n) is 4.26. The second kappa shape index (κ2) is 5.82. The van der Waals surface area contributed by atoms with Crippen molar-refractivity contribution in [1.29, 1.82) is 5.26 Å². The van der Waals surface area contributed by atoms with Crippen LogP contribution in [0, 0.1) is 11.3 Å². The van der Waals surface area contributed by atoms with Gasteiger partial charge in [-0.15, -0.1) is 0 Å². The van der Waals surface area contributed by atoms with E-state index in [1.165, 1.54) is 0 Å². The molecule has 0 heterocycles. The SMILES string of the molecule is N#CCC(O)COc1ccc(Cl)c(Cl)c1. The van der Waals surface area contributed by atoms with Crippen molar-refractivity contribution >= 4 is 23.2 Å². The van der Waals surface area contributed by atoms with Crippen LogP contribution in [0.5, 0.6) is 5.75 Å². The zero-order valence-electron chi connectivity index (χ0n) is 7.78. The second-order valence-electron chi connectivity index (χ2n) is 2.90. The number of ether oxygens (including phenoxy) is 1. The largest absolute Gasteiger partial charge is 0.491 e. The van der Waals surface area contributed by atoms with Gasteiger partial charge in [0, 0.05) is 6.07 Å². The standard InChI is InChI=1S/C10H9Cl2NO2/c11-9-2-1-8(5-10(9)12)15-6-7(14)3-4-13/h1-2,5,7,14H,3,6H2. The number of hydrogen-bond acceptors (Lipinski definition) is 3. The molecule has 0 aliphatic rings. The van der Waals surface area contributed by atoms with Gasteiger partial charge in [-0.1, -0.05) is 23.2 Å². The van der Waals surface area contributed by atoms with Gasteiger partial charge in [-0.2, -0.15) is 5.26 Å². The molecule has 15 heavy (non-hydrogen) atoms. The van der Waals surface area contributed by atoms with Gasteiger partial charge in [-0.25, -0.2) is 0 Å². The predicted octanol–water partition coefficient (Wildman–Crippen LogP) is 2.65. The summed E-state index contributed by atoms with van der Waals surface area (Å²) in [5.74, 6) is 0.515. The Labute approximate surface area is 97.8 Å². The molecule has 0 aromatic heterocycles. The number of hydrogen-bond donors (Lipinski definition) is 1. The lowest BCUT2D eigenvalue weighted by Crippen LogP contribution is -2.16. The molecule has 0 saturated heterocycles. The lowest BCUT2D eigenvalue weighted by atomic mass is 10.3. The molecule has 0 fully saturated rings. The van der Waals surface area contributed by atoms with Crippen LogP contribution in [0.2, 0.25) is 10.0 Å². The minimum Gasteiger partial charge on any atom is -0.491 e. The third kappa shape index (κ3) is 3.96. The highest BCUT2D eigenvalue weighted by atomic mass is 35.5. The molecular formula is C10H9Cl2NO2. The Morgan fingerprint density at radius 3 is 2.73 bits per heavy atom. The lowest BCUT2D eigenvalue weighted by Gasteiger charge is -2.09. The molecule has 0 aliphatic heterocycles. The highest BCUT2D eigenvalue weighted by Crippen LogP contribution is 2.26. The van der Waals surface area contributed by atoms with Crippen molar-refractivity contribution in [3.05, 3.63) is 28.2 Å². The molecule has 3 nitrogen and oxygen atoms in total. The van der Waals surface area contributed by atoms with Crippen LogP contribution in [0.4, 0.5) is 0 Å². The number of rotatable bonds is 4. The van der Waals surface area contributed by atoms with Crippen LogP contribution in [0.1, 0.15) is 6.42 Å². The Bertz CT molecular complexity index is 376. The first-order chi connectivity index (χ1) is 7.13.